The van der Waals surface area contributed by atoms with Crippen molar-refractivity contribution in [2.45, 2.75) is 6.10 Å². The van der Waals surface area contributed by atoms with Crippen molar-refractivity contribution in [1.82, 2.24) is 9.80 Å². The number of benzene rings is 1. The largest absolute Gasteiger partial charge is 0.485 e. The maximum Gasteiger partial charge on any atom is 0.190 e. The lowest BCUT2D eigenvalue weighted by Crippen LogP contribution is -2.47. The number of piperazine rings is 1. The van der Waals surface area contributed by atoms with Gasteiger partial charge >= 0.3 is 0 Å². The molecule has 1 N–H and O–H groups in total. The van der Waals surface area contributed by atoms with Gasteiger partial charge in [0.25, 0.3) is 0 Å². The lowest BCUT2D eigenvalue weighted by atomic mass is 10.3. The first-order valence-electron chi connectivity index (χ1n) is 7.89. The Morgan fingerprint density at radius 3 is 2.42 bits per heavy atom. The Morgan fingerprint density at radius 2 is 1.79 bits per heavy atom. The standard InChI is InChI=1S/C16H23BrF2N2O3/c1-20-2-4-21(5-3-20)10-13(22)11-23-6-7-24-16-14(18)8-12(17)9-15(16)19/h8-9,13,22H,2-7,10-11H2,1H3. The number of likely N-dealkylation sites (N-methyl/N-ethyl adjacent to an activating group) is 1. The van der Waals surface area contributed by atoms with E-state index in [9.17, 15) is 13.9 Å². The van der Waals surface area contributed by atoms with Crippen LogP contribution in [-0.2, 0) is 4.74 Å². The first-order valence-corrected chi connectivity index (χ1v) is 8.69. The maximum atomic E-state index is 13.6. The summed E-state index contributed by atoms with van der Waals surface area (Å²) < 4.78 is 37.8. The number of aliphatic hydroxyl groups is 1. The summed E-state index contributed by atoms with van der Waals surface area (Å²) in [5.74, 6) is -1.95. The van der Waals surface area contributed by atoms with Gasteiger partial charge in [-0.15, -0.1) is 0 Å². The molecule has 0 amide bonds. The van der Waals surface area contributed by atoms with Crippen molar-refractivity contribution in [3.63, 3.8) is 0 Å². The normalized spacial score (nSPS) is 17.9. The number of hydrogen-bond acceptors (Lipinski definition) is 5. The molecule has 1 aliphatic heterocycles. The highest BCUT2D eigenvalue weighted by Gasteiger charge is 2.17. The zero-order valence-corrected chi connectivity index (χ0v) is 15.3. The SMILES string of the molecule is CN1CCN(CC(O)COCCOc2c(F)cc(Br)cc2F)CC1. The number of β-amino-alcohol motifs (C(OH)–C–C–N with tert-alkyl or cyclic N) is 1. The Labute approximate surface area is 149 Å². The number of ether oxygens (including phenoxy) is 2. The summed E-state index contributed by atoms with van der Waals surface area (Å²) >= 11 is 3.01. The van der Waals surface area contributed by atoms with E-state index in [0.717, 1.165) is 38.3 Å². The average Bonchev–Trinajstić information content (AvgIpc) is 2.51. The van der Waals surface area contributed by atoms with E-state index < -0.39 is 23.5 Å². The molecule has 0 radical (unpaired) electrons. The predicted octanol–water partition coefficient (Wildman–Crippen LogP) is 1.73. The first-order chi connectivity index (χ1) is 11.5. The van der Waals surface area contributed by atoms with Crippen LogP contribution in [0.3, 0.4) is 0 Å². The number of aliphatic hydroxyl groups excluding tert-OH is 1. The second-order valence-electron chi connectivity index (χ2n) is 5.88. The number of rotatable bonds is 8. The fourth-order valence-corrected chi connectivity index (χ4v) is 2.87. The zero-order valence-electron chi connectivity index (χ0n) is 13.7. The molecule has 1 fully saturated rings. The summed E-state index contributed by atoms with van der Waals surface area (Å²) in [5, 5.41) is 9.96. The van der Waals surface area contributed by atoms with Crippen LogP contribution in [0.4, 0.5) is 8.78 Å². The molecule has 0 aromatic heterocycles. The highest BCUT2D eigenvalue weighted by Crippen LogP contribution is 2.25. The van der Waals surface area contributed by atoms with Crippen molar-refractivity contribution in [2.75, 3.05) is 59.6 Å². The molecule has 5 nitrogen and oxygen atoms in total. The molecular weight excluding hydrogens is 386 g/mol. The lowest BCUT2D eigenvalue weighted by Gasteiger charge is -2.33. The van der Waals surface area contributed by atoms with Crippen molar-refractivity contribution in [3.05, 3.63) is 28.2 Å². The van der Waals surface area contributed by atoms with E-state index in [0.29, 0.717) is 11.0 Å². The molecule has 1 saturated heterocycles. The van der Waals surface area contributed by atoms with E-state index in [2.05, 4.69) is 32.8 Å². The van der Waals surface area contributed by atoms with Crippen molar-refractivity contribution in [2.24, 2.45) is 0 Å². The monoisotopic (exact) mass is 408 g/mol. The minimum Gasteiger partial charge on any atom is -0.485 e. The van der Waals surface area contributed by atoms with E-state index in [4.69, 9.17) is 9.47 Å². The second kappa shape index (κ2) is 9.62. The van der Waals surface area contributed by atoms with E-state index in [1.165, 1.54) is 0 Å². The predicted molar refractivity (Wildman–Crippen MR) is 90.3 cm³/mol. The van der Waals surface area contributed by atoms with Crippen molar-refractivity contribution in [1.29, 1.82) is 0 Å². The molecule has 0 saturated carbocycles. The topological polar surface area (TPSA) is 45.2 Å². The third kappa shape index (κ3) is 6.25. The minimum atomic E-state index is -0.767. The molecule has 8 heteroatoms. The van der Waals surface area contributed by atoms with Gasteiger partial charge in [-0.3, -0.25) is 4.90 Å². The Balaban J connectivity index is 1.61. The molecule has 2 rings (SSSR count). The highest BCUT2D eigenvalue weighted by atomic mass is 79.9. The van der Waals surface area contributed by atoms with Crippen molar-refractivity contribution >= 4 is 15.9 Å². The molecule has 1 unspecified atom stereocenters. The van der Waals surface area contributed by atoms with E-state index in [-0.39, 0.29) is 19.8 Å². The fourth-order valence-electron chi connectivity index (χ4n) is 2.47. The third-order valence-corrected chi connectivity index (χ3v) is 4.27. The van der Waals surface area contributed by atoms with Gasteiger partial charge in [-0.25, -0.2) is 8.78 Å². The van der Waals surface area contributed by atoms with E-state index >= 15 is 0 Å². The molecule has 136 valence electrons. The van der Waals surface area contributed by atoms with Crippen LogP contribution in [0.5, 0.6) is 5.75 Å². The summed E-state index contributed by atoms with van der Waals surface area (Å²) in [6.45, 7) is 4.73. The molecule has 1 aromatic rings. The van der Waals surface area contributed by atoms with Crippen LogP contribution in [0, 0.1) is 11.6 Å². The van der Waals surface area contributed by atoms with Gasteiger partial charge in [0.1, 0.15) is 6.61 Å². The first kappa shape index (κ1) is 19.5. The molecule has 0 spiro atoms. The van der Waals surface area contributed by atoms with Crippen LogP contribution in [-0.4, -0.2) is 80.6 Å². The Morgan fingerprint density at radius 1 is 1.17 bits per heavy atom. The van der Waals surface area contributed by atoms with E-state index in [1.807, 2.05) is 0 Å². The lowest BCUT2D eigenvalue weighted by molar-refractivity contribution is 0.000956. The number of halogens is 3. The molecule has 1 aliphatic rings. The Kier molecular flexibility index (Phi) is 7.83. The molecule has 1 atom stereocenters. The fraction of sp³-hybridized carbons (Fsp3) is 0.625. The number of hydrogen-bond donors (Lipinski definition) is 1. The van der Waals surface area contributed by atoms with Gasteiger partial charge < -0.3 is 19.5 Å². The molecular formula is C16H23BrF2N2O3. The van der Waals surface area contributed by atoms with Crippen LogP contribution in [0.1, 0.15) is 0 Å². The Bertz CT molecular complexity index is 505. The van der Waals surface area contributed by atoms with Crippen molar-refractivity contribution < 1.29 is 23.4 Å². The molecule has 1 aromatic carbocycles. The van der Waals surface area contributed by atoms with Crippen LogP contribution in [0.25, 0.3) is 0 Å². The van der Waals surface area contributed by atoms with Gasteiger partial charge in [0.15, 0.2) is 17.4 Å². The summed E-state index contributed by atoms with van der Waals surface area (Å²) in [6.07, 6.45) is -0.588. The smallest absolute Gasteiger partial charge is 0.190 e. The molecule has 24 heavy (non-hydrogen) atoms. The Hall–Kier alpha value is -0.800. The van der Waals surface area contributed by atoms with Gasteiger partial charge in [0, 0.05) is 37.2 Å². The van der Waals surface area contributed by atoms with Gasteiger partial charge in [0.05, 0.1) is 19.3 Å². The van der Waals surface area contributed by atoms with Crippen molar-refractivity contribution in [3.8, 4) is 5.75 Å². The quantitative estimate of drug-likeness (QED) is 0.663. The zero-order chi connectivity index (χ0) is 17.5. The third-order valence-electron chi connectivity index (χ3n) is 3.81. The molecule has 1 heterocycles. The molecule has 0 aliphatic carbocycles. The highest BCUT2D eigenvalue weighted by molar-refractivity contribution is 9.10. The van der Waals surface area contributed by atoms with Gasteiger partial charge in [0.2, 0.25) is 0 Å². The van der Waals surface area contributed by atoms with Crippen LogP contribution in [0.15, 0.2) is 16.6 Å². The summed E-state index contributed by atoms with van der Waals surface area (Å²) in [7, 11) is 2.08. The van der Waals surface area contributed by atoms with Crippen LogP contribution in [0.2, 0.25) is 0 Å². The minimum absolute atomic E-state index is 0.0106. The summed E-state index contributed by atoms with van der Waals surface area (Å²) in [4.78, 5) is 4.44. The summed E-state index contributed by atoms with van der Waals surface area (Å²) in [5.41, 5.74) is 0. The maximum absolute atomic E-state index is 13.6. The summed E-state index contributed by atoms with van der Waals surface area (Å²) in [6, 6.07) is 2.28. The van der Waals surface area contributed by atoms with Crippen LogP contribution < -0.4 is 4.74 Å². The van der Waals surface area contributed by atoms with Gasteiger partial charge in [-0.2, -0.15) is 0 Å². The second-order valence-corrected chi connectivity index (χ2v) is 6.80. The van der Waals surface area contributed by atoms with E-state index in [1.54, 1.807) is 0 Å². The molecule has 0 bridgehead atoms. The van der Waals surface area contributed by atoms with Gasteiger partial charge in [-0.1, -0.05) is 15.9 Å². The van der Waals surface area contributed by atoms with Crippen LogP contribution >= 0.6 is 15.9 Å². The number of nitrogens with zero attached hydrogens (tertiary/aromatic N) is 2. The average molecular weight is 409 g/mol. The van der Waals surface area contributed by atoms with Gasteiger partial charge in [-0.05, 0) is 19.2 Å².